The van der Waals surface area contributed by atoms with E-state index in [2.05, 4.69) is 10.0 Å². The average Bonchev–Trinajstić information content (AvgIpc) is 2.72. The molecular weight excluding hydrogens is 442 g/mol. The Morgan fingerprint density at radius 3 is 2.19 bits per heavy atom. The number of carbonyl (C=O) groups is 2. The van der Waals surface area contributed by atoms with Crippen LogP contribution in [-0.4, -0.2) is 52.4 Å². The smallest absolute Gasteiger partial charge is 0.254 e. The van der Waals surface area contributed by atoms with Crippen molar-refractivity contribution in [3.05, 3.63) is 53.1 Å². The molecular formula is C21H26ClN3O5S. The molecule has 0 unspecified atom stereocenters. The molecule has 168 valence electrons. The summed E-state index contributed by atoms with van der Waals surface area (Å²) in [7, 11) is 0.707. The van der Waals surface area contributed by atoms with Crippen molar-refractivity contribution in [1.29, 1.82) is 0 Å². The second-order valence-electron chi connectivity index (χ2n) is 7.40. The summed E-state index contributed by atoms with van der Waals surface area (Å²) >= 11 is 6.10. The number of nitrogens with one attached hydrogen (secondary N) is 2. The second-order valence-corrected chi connectivity index (χ2v) is 9.52. The molecule has 2 aromatic rings. The molecule has 0 bridgehead atoms. The summed E-state index contributed by atoms with van der Waals surface area (Å²) in [6.45, 7) is 3.45. The highest BCUT2D eigenvalue weighted by molar-refractivity contribution is 7.89. The maximum Gasteiger partial charge on any atom is 0.254 e. The Bertz CT molecular complexity index is 1050. The van der Waals surface area contributed by atoms with Crippen molar-refractivity contribution in [3.63, 3.8) is 0 Å². The van der Waals surface area contributed by atoms with Crippen LogP contribution in [0.4, 0.5) is 5.69 Å². The number of amides is 2. The maximum absolute atomic E-state index is 12.9. The van der Waals surface area contributed by atoms with Crippen LogP contribution in [0.3, 0.4) is 0 Å². The van der Waals surface area contributed by atoms with Crippen LogP contribution in [0.25, 0.3) is 0 Å². The van der Waals surface area contributed by atoms with Gasteiger partial charge in [-0.05, 0) is 48.4 Å². The predicted molar refractivity (Wildman–Crippen MR) is 120 cm³/mol. The average molecular weight is 468 g/mol. The molecule has 1 atom stereocenters. The molecule has 2 rings (SSSR count). The molecule has 2 amide bonds. The van der Waals surface area contributed by atoms with Gasteiger partial charge < -0.3 is 15.0 Å². The van der Waals surface area contributed by atoms with Crippen molar-refractivity contribution in [1.82, 2.24) is 9.62 Å². The predicted octanol–water partition coefficient (Wildman–Crippen LogP) is 2.99. The Labute approximate surface area is 187 Å². The van der Waals surface area contributed by atoms with Crippen LogP contribution in [0.2, 0.25) is 5.02 Å². The van der Waals surface area contributed by atoms with E-state index >= 15 is 0 Å². The van der Waals surface area contributed by atoms with Gasteiger partial charge in [-0.1, -0.05) is 25.4 Å². The molecule has 0 aliphatic heterocycles. The van der Waals surface area contributed by atoms with E-state index in [0.29, 0.717) is 11.4 Å². The lowest BCUT2D eigenvalue weighted by Gasteiger charge is -2.22. The molecule has 2 aromatic carbocycles. The molecule has 31 heavy (non-hydrogen) atoms. The standard InChI is InChI=1S/C21H26ClN3O5S/c1-13(2)19(24-31(28,29)16-9-7-15(30-5)8-10-16)20(26)23-14-6-11-18(22)17(12-14)21(27)25(3)4/h6-13,19,24H,1-5H3,(H,23,26)/t19-/m0/s1. The van der Waals surface area contributed by atoms with Crippen LogP contribution in [0.1, 0.15) is 24.2 Å². The van der Waals surface area contributed by atoms with Gasteiger partial charge in [0.25, 0.3) is 5.91 Å². The summed E-state index contributed by atoms with van der Waals surface area (Å²) < 4.78 is 33.0. The van der Waals surface area contributed by atoms with Gasteiger partial charge in [0.05, 0.1) is 22.6 Å². The van der Waals surface area contributed by atoms with Crippen molar-refractivity contribution in [2.24, 2.45) is 5.92 Å². The van der Waals surface area contributed by atoms with Gasteiger partial charge in [-0.3, -0.25) is 9.59 Å². The van der Waals surface area contributed by atoms with E-state index in [1.54, 1.807) is 34.0 Å². The number of benzene rings is 2. The lowest BCUT2D eigenvalue weighted by atomic mass is 10.0. The van der Waals surface area contributed by atoms with Crippen LogP contribution in [0, 0.1) is 5.92 Å². The molecule has 0 heterocycles. The number of halogens is 1. The zero-order valence-electron chi connectivity index (χ0n) is 18.0. The Morgan fingerprint density at radius 2 is 1.68 bits per heavy atom. The van der Waals surface area contributed by atoms with Gasteiger partial charge in [-0.2, -0.15) is 4.72 Å². The van der Waals surface area contributed by atoms with E-state index in [1.807, 2.05) is 0 Å². The fraction of sp³-hybridized carbons (Fsp3) is 0.333. The van der Waals surface area contributed by atoms with Gasteiger partial charge in [0.1, 0.15) is 11.8 Å². The van der Waals surface area contributed by atoms with E-state index < -0.39 is 22.0 Å². The topological polar surface area (TPSA) is 105 Å². The third-order valence-corrected chi connectivity index (χ3v) is 6.26. The first-order valence-corrected chi connectivity index (χ1v) is 11.3. The van der Waals surface area contributed by atoms with E-state index in [0.717, 1.165) is 0 Å². The number of nitrogens with zero attached hydrogens (tertiary/aromatic N) is 1. The quantitative estimate of drug-likeness (QED) is 0.621. The van der Waals surface area contributed by atoms with Gasteiger partial charge in [0.15, 0.2) is 0 Å². The minimum atomic E-state index is -3.95. The Balaban J connectivity index is 2.24. The number of ether oxygens (including phenoxy) is 1. The van der Waals surface area contributed by atoms with E-state index in [4.69, 9.17) is 16.3 Å². The van der Waals surface area contributed by atoms with Crippen molar-refractivity contribution >= 4 is 39.1 Å². The number of methoxy groups -OCH3 is 1. The van der Waals surface area contributed by atoms with Crippen molar-refractivity contribution in [2.45, 2.75) is 24.8 Å². The molecule has 0 spiro atoms. The van der Waals surface area contributed by atoms with Crippen LogP contribution >= 0.6 is 11.6 Å². The number of hydrogen-bond donors (Lipinski definition) is 2. The highest BCUT2D eigenvalue weighted by Gasteiger charge is 2.29. The first kappa shape index (κ1) is 24.6. The summed E-state index contributed by atoms with van der Waals surface area (Å²) in [5.74, 6) is -0.703. The van der Waals surface area contributed by atoms with E-state index in [-0.39, 0.29) is 27.3 Å². The minimum absolute atomic E-state index is 0.0112. The molecule has 0 radical (unpaired) electrons. The molecule has 0 saturated carbocycles. The highest BCUT2D eigenvalue weighted by atomic mass is 35.5. The van der Waals surface area contributed by atoms with Crippen molar-refractivity contribution < 1.29 is 22.7 Å². The van der Waals surface area contributed by atoms with Crippen LogP contribution in [-0.2, 0) is 14.8 Å². The highest BCUT2D eigenvalue weighted by Crippen LogP contribution is 2.23. The van der Waals surface area contributed by atoms with E-state index in [1.165, 1.54) is 48.4 Å². The van der Waals surface area contributed by atoms with Crippen LogP contribution < -0.4 is 14.8 Å². The normalized spacial score (nSPS) is 12.4. The summed E-state index contributed by atoms with van der Waals surface area (Å²) in [5.41, 5.74) is 0.554. The summed E-state index contributed by atoms with van der Waals surface area (Å²) in [5, 5.41) is 2.91. The summed E-state index contributed by atoms with van der Waals surface area (Å²) in [4.78, 5) is 26.5. The molecule has 0 fully saturated rings. The molecule has 2 N–H and O–H groups in total. The SMILES string of the molecule is COc1ccc(S(=O)(=O)N[C@H](C(=O)Nc2ccc(Cl)c(C(=O)N(C)C)c2)C(C)C)cc1. The van der Waals surface area contributed by atoms with Gasteiger partial charge in [0.2, 0.25) is 15.9 Å². The Hall–Kier alpha value is -2.62. The van der Waals surface area contributed by atoms with Crippen molar-refractivity contribution in [3.8, 4) is 5.75 Å². The zero-order chi connectivity index (χ0) is 23.3. The molecule has 8 nitrogen and oxygen atoms in total. The third-order valence-electron chi connectivity index (χ3n) is 4.47. The number of sulfonamides is 1. The molecule has 0 aliphatic carbocycles. The lowest BCUT2D eigenvalue weighted by Crippen LogP contribution is -2.47. The molecule has 10 heteroatoms. The molecule has 0 aliphatic rings. The Morgan fingerprint density at radius 1 is 1.06 bits per heavy atom. The Kier molecular flexibility index (Phi) is 8.05. The fourth-order valence-corrected chi connectivity index (χ4v) is 4.25. The fourth-order valence-electron chi connectivity index (χ4n) is 2.71. The summed E-state index contributed by atoms with van der Waals surface area (Å²) in [6, 6.07) is 9.30. The number of rotatable bonds is 8. The zero-order valence-corrected chi connectivity index (χ0v) is 19.5. The summed E-state index contributed by atoms with van der Waals surface area (Å²) in [6.07, 6.45) is 0. The third kappa shape index (κ3) is 6.19. The minimum Gasteiger partial charge on any atom is -0.497 e. The van der Waals surface area contributed by atoms with Gasteiger partial charge >= 0.3 is 0 Å². The number of carbonyl (C=O) groups excluding carboxylic acids is 2. The van der Waals surface area contributed by atoms with E-state index in [9.17, 15) is 18.0 Å². The molecule has 0 aromatic heterocycles. The number of anilines is 1. The lowest BCUT2D eigenvalue weighted by molar-refractivity contribution is -0.118. The van der Waals surface area contributed by atoms with Crippen LogP contribution in [0.15, 0.2) is 47.4 Å². The number of hydrogen-bond acceptors (Lipinski definition) is 5. The van der Waals surface area contributed by atoms with Gasteiger partial charge in [-0.25, -0.2) is 8.42 Å². The van der Waals surface area contributed by atoms with Gasteiger partial charge in [-0.15, -0.1) is 0 Å². The maximum atomic E-state index is 12.9. The second kappa shape index (κ2) is 10.1. The van der Waals surface area contributed by atoms with Gasteiger partial charge in [0, 0.05) is 19.8 Å². The first-order valence-electron chi connectivity index (χ1n) is 9.44. The molecule has 0 saturated heterocycles. The largest absolute Gasteiger partial charge is 0.497 e. The first-order chi connectivity index (χ1) is 14.5. The van der Waals surface area contributed by atoms with Crippen LogP contribution in [0.5, 0.6) is 5.75 Å². The van der Waals surface area contributed by atoms with Crippen molar-refractivity contribution in [2.75, 3.05) is 26.5 Å². The monoisotopic (exact) mass is 467 g/mol.